The minimum Gasteiger partial charge on any atom is -0.478 e. The molecule has 0 spiro atoms. The van der Waals surface area contributed by atoms with Crippen LogP contribution in [0.1, 0.15) is 30.1 Å². The Kier molecular flexibility index (Phi) is 3.76. The number of rotatable bonds is 3. The second-order valence-electron chi connectivity index (χ2n) is 4.50. The van der Waals surface area contributed by atoms with Gasteiger partial charge >= 0.3 is 5.97 Å². The van der Waals surface area contributed by atoms with E-state index in [1.54, 1.807) is 7.11 Å². The van der Waals surface area contributed by atoms with Crippen molar-refractivity contribution in [3.05, 3.63) is 17.8 Å². The molecule has 98 valence electrons. The summed E-state index contributed by atoms with van der Waals surface area (Å²) in [6, 6.07) is 1.68. The van der Waals surface area contributed by atoms with Gasteiger partial charge in [0.25, 0.3) is 0 Å². The molecule has 6 heteroatoms. The first-order valence-corrected chi connectivity index (χ1v) is 5.98. The molecule has 18 heavy (non-hydrogen) atoms. The summed E-state index contributed by atoms with van der Waals surface area (Å²) >= 11 is 0. The summed E-state index contributed by atoms with van der Waals surface area (Å²) in [4.78, 5) is 13.2. The van der Waals surface area contributed by atoms with Crippen LogP contribution in [0.5, 0.6) is 0 Å². The lowest BCUT2D eigenvalue weighted by atomic mass is 10.00. The van der Waals surface area contributed by atoms with Gasteiger partial charge in [-0.2, -0.15) is 5.10 Å². The zero-order chi connectivity index (χ0) is 13.1. The van der Waals surface area contributed by atoms with Gasteiger partial charge < -0.3 is 14.7 Å². The number of aromatic nitrogens is 2. The Morgan fingerprint density at radius 3 is 3.00 bits per heavy atom. The van der Waals surface area contributed by atoms with Crippen LogP contribution in [0.15, 0.2) is 12.3 Å². The molecule has 1 aromatic heterocycles. The van der Waals surface area contributed by atoms with Crippen LogP contribution < -0.4 is 4.90 Å². The van der Waals surface area contributed by atoms with Crippen LogP contribution in [-0.4, -0.2) is 47.1 Å². The molecular weight excluding hydrogens is 234 g/mol. The fraction of sp³-hybridized carbons (Fsp3) is 0.583. The standard InChI is InChI=1S/C12H17N3O3/c1-8-7-9(18-2)4-6-15(8)11-10(12(16)17)3-5-13-14-11/h3,5,8-9H,4,6-7H2,1-2H3,(H,16,17). The fourth-order valence-electron chi connectivity index (χ4n) is 2.36. The molecule has 0 bridgehead atoms. The van der Waals surface area contributed by atoms with Crippen molar-refractivity contribution in [3.63, 3.8) is 0 Å². The van der Waals surface area contributed by atoms with Gasteiger partial charge in [-0.15, -0.1) is 5.10 Å². The van der Waals surface area contributed by atoms with Crippen molar-refractivity contribution >= 4 is 11.8 Å². The average molecular weight is 251 g/mol. The zero-order valence-electron chi connectivity index (χ0n) is 10.5. The summed E-state index contributed by atoms with van der Waals surface area (Å²) in [5.74, 6) is -0.520. The maximum atomic E-state index is 11.2. The molecular formula is C12H17N3O3. The number of piperidine rings is 1. The number of nitrogens with zero attached hydrogens (tertiary/aromatic N) is 3. The highest BCUT2D eigenvalue weighted by Crippen LogP contribution is 2.26. The van der Waals surface area contributed by atoms with Crippen LogP contribution in [-0.2, 0) is 4.74 Å². The highest BCUT2D eigenvalue weighted by molar-refractivity contribution is 5.93. The number of carbonyl (C=O) groups is 1. The summed E-state index contributed by atoms with van der Waals surface area (Å²) in [7, 11) is 1.71. The average Bonchev–Trinajstić information content (AvgIpc) is 2.38. The lowest BCUT2D eigenvalue weighted by Gasteiger charge is -2.38. The van der Waals surface area contributed by atoms with Gasteiger partial charge in [-0.3, -0.25) is 0 Å². The number of carboxylic acid groups (broad SMARTS) is 1. The SMILES string of the molecule is COC1CCN(c2nnccc2C(=O)O)C(C)C1. The molecule has 2 heterocycles. The van der Waals surface area contributed by atoms with Gasteiger partial charge in [0.05, 0.1) is 12.3 Å². The molecule has 2 atom stereocenters. The molecule has 1 aliphatic heterocycles. The van der Waals surface area contributed by atoms with Gasteiger partial charge in [0, 0.05) is 19.7 Å². The highest BCUT2D eigenvalue weighted by Gasteiger charge is 2.29. The van der Waals surface area contributed by atoms with Crippen LogP contribution in [0.2, 0.25) is 0 Å². The van der Waals surface area contributed by atoms with Crippen molar-refractivity contribution in [2.75, 3.05) is 18.6 Å². The van der Waals surface area contributed by atoms with E-state index in [0.717, 1.165) is 19.4 Å². The third-order valence-corrected chi connectivity index (χ3v) is 3.37. The molecule has 1 fully saturated rings. The van der Waals surface area contributed by atoms with E-state index >= 15 is 0 Å². The maximum Gasteiger partial charge on any atom is 0.339 e. The third-order valence-electron chi connectivity index (χ3n) is 3.37. The molecule has 0 amide bonds. The number of aromatic carboxylic acids is 1. The van der Waals surface area contributed by atoms with E-state index in [1.165, 1.54) is 12.3 Å². The topological polar surface area (TPSA) is 75.5 Å². The fourth-order valence-corrected chi connectivity index (χ4v) is 2.36. The van der Waals surface area contributed by atoms with E-state index in [0.29, 0.717) is 5.82 Å². The van der Waals surface area contributed by atoms with Crippen LogP contribution >= 0.6 is 0 Å². The normalized spacial score (nSPS) is 24.0. The van der Waals surface area contributed by atoms with Crippen LogP contribution in [0.25, 0.3) is 0 Å². The van der Waals surface area contributed by atoms with Gasteiger partial charge in [-0.1, -0.05) is 0 Å². The number of carboxylic acids is 1. The summed E-state index contributed by atoms with van der Waals surface area (Å²) in [6.45, 7) is 2.78. The third kappa shape index (κ3) is 2.43. The predicted octanol–water partition coefficient (Wildman–Crippen LogP) is 1.18. The van der Waals surface area contributed by atoms with E-state index in [1.807, 2.05) is 11.8 Å². The van der Waals surface area contributed by atoms with E-state index in [2.05, 4.69) is 10.2 Å². The Morgan fingerprint density at radius 1 is 1.61 bits per heavy atom. The van der Waals surface area contributed by atoms with Crippen molar-refractivity contribution in [1.29, 1.82) is 0 Å². The maximum absolute atomic E-state index is 11.2. The van der Waals surface area contributed by atoms with Crippen molar-refractivity contribution in [2.45, 2.75) is 31.9 Å². The number of anilines is 1. The highest BCUT2D eigenvalue weighted by atomic mass is 16.5. The minimum absolute atomic E-state index is 0.193. The van der Waals surface area contributed by atoms with E-state index in [-0.39, 0.29) is 17.7 Å². The Balaban J connectivity index is 2.24. The molecule has 0 saturated carbocycles. The van der Waals surface area contributed by atoms with Gasteiger partial charge in [0.15, 0.2) is 5.82 Å². The molecule has 0 radical (unpaired) electrons. The molecule has 1 saturated heterocycles. The summed E-state index contributed by atoms with van der Waals surface area (Å²) in [5.41, 5.74) is 0.202. The van der Waals surface area contributed by atoms with Crippen molar-refractivity contribution < 1.29 is 14.6 Å². The quantitative estimate of drug-likeness (QED) is 0.869. The van der Waals surface area contributed by atoms with Gasteiger partial charge in [0.2, 0.25) is 0 Å². The summed E-state index contributed by atoms with van der Waals surface area (Å²) in [5, 5.41) is 16.9. The Morgan fingerprint density at radius 2 is 2.39 bits per heavy atom. The molecule has 0 aliphatic carbocycles. The lowest BCUT2D eigenvalue weighted by molar-refractivity contribution is 0.0689. The van der Waals surface area contributed by atoms with E-state index in [4.69, 9.17) is 9.84 Å². The van der Waals surface area contributed by atoms with Crippen LogP contribution in [0, 0.1) is 0 Å². The largest absolute Gasteiger partial charge is 0.478 e. The monoisotopic (exact) mass is 251 g/mol. The van der Waals surface area contributed by atoms with E-state index < -0.39 is 5.97 Å². The molecule has 6 nitrogen and oxygen atoms in total. The Hall–Kier alpha value is -1.69. The molecule has 2 unspecified atom stereocenters. The smallest absolute Gasteiger partial charge is 0.339 e. The van der Waals surface area contributed by atoms with Crippen LogP contribution in [0.4, 0.5) is 5.82 Å². The summed E-state index contributed by atoms with van der Waals surface area (Å²) in [6.07, 6.45) is 3.38. The first-order valence-electron chi connectivity index (χ1n) is 5.98. The molecule has 1 N–H and O–H groups in total. The lowest BCUT2D eigenvalue weighted by Crippen LogP contribution is -2.44. The van der Waals surface area contributed by atoms with Crippen molar-refractivity contribution in [3.8, 4) is 0 Å². The predicted molar refractivity (Wildman–Crippen MR) is 65.8 cm³/mol. The van der Waals surface area contributed by atoms with Gasteiger partial charge in [-0.25, -0.2) is 4.79 Å². The number of hydrogen-bond donors (Lipinski definition) is 1. The molecule has 2 rings (SSSR count). The second kappa shape index (κ2) is 5.30. The van der Waals surface area contributed by atoms with Crippen molar-refractivity contribution in [1.82, 2.24) is 10.2 Å². The molecule has 0 aromatic carbocycles. The van der Waals surface area contributed by atoms with Crippen molar-refractivity contribution in [2.24, 2.45) is 0 Å². The number of hydrogen-bond acceptors (Lipinski definition) is 5. The summed E-state index contributed by atoms with van der Waals surface area (Å²) < 4.78 is 5.34. The van der Waals surface area contributed by atoms with Crippen LogP contribution in [0.3, 0.4) is 0 Å². The zero-order valence-corrected chi connectivity index (χ0v) is 10.5. The van der Waals surface area contributed by atoms with Gasteiger partial charge in [0.1, 0.15) is 5.56 Å². The molecule has 1 aromatic rings. The number of methoxy groups -OCH3 is 1. The first-order chi connectivity index (χ1) is 8.63. The Bertz CT molecular complexity index is 438. The van der Waals surface area contributed by atoms with E-state index in [9.17, 15) is 4.79 Å². The van der Waals surface area contributed by atoms with Gasteiger partial charge in [-0.05, 0) is 25.8 Å². The molecule has 1 aliphatic rings. The number of ether oxygens (including phenoxy) is 1. The second-order valence-corrected chi connectivity index (χ2v) is 4.50. The minimum atomic E-state index is -0.971. The first kappa shape index (κ1) is 12.8. The Labute approximate surface area is 106 Å².